The third-order valence-electron chi connectivity index (χ3n) is 16.0. The molecule has 0 aromatic carbocycles. The van der Waals surface area contributed by atoms with E-state index < -0.39 is 77.2 Å². The maximum absolute atomic E-state index is 12.7. The van der Waals surface area contributed by atoms with Crippen molar-refractivity contribution in [2.24, 2.45) is 50.7 Å². The van der Waals surface area contributed by atoms with Crippen molar-refractivity contribution in [2.75, 3.05) is 13.2 Å². The minimum atomic E-state index is -1.42. The third kappa shape index (κ3) is 3.58. The third-order valence-corrected chi connectivity index (χ3v) is 16.0. The van der Waals surface area contributed by atoms with Gasteiger partial charge >= 0.3 is 0 Å². The lowest BCUT2D eigenvalue weighted by Crippen LogP contribution is -2.64. The summed E-state index contributed by atoms with van der Waals surface area (Å²) in [6, 6.07) is 0. The van der Waals surface area contributed by atoms with Crippen LogP contribution in [-0.2, 0) is 18.9 Å². The molecular weight excluding hydrogens is 596 g/mol. The normalized spacial score (nSPS) is 61.6. The Bertz CT molecular complexity index is 1260. The van der Waals surface area contributed by atoms with Gasteiger partial charge in [-0.05, 0) is 92.8 Å². The number of hydrogen-bond acceptors (Lipinski definition) is 11. The van der Waals surface area contributed by atoms with Crippen LogP contribution in [0.1, 0.15) is 86.5 Å². The predicted molar refractivity (Wildman–Crippen MR) is 162 cm³/mol. The summed E-state index contributed by atoms with van der Waals surface area (Å²) in [5, 5.41) is 77.8. The zero-order valence-corrected chi connectivity index (χ0v) is 28.1. The first-order valence-corrected chi connectivity index (χ1v) is 17.7. The van der Waals surface area contributed by atoms with Gasteiger partial charge in [-0.1, -0.05) is 27.7 Å². The minimum Gasteiger partial charge on any atom is -0.396 e. The fourth-order valence-electron chi connectivity index (χ4n) is 13.9. The number of aliphatic hydroxyl groups is 7. The molecular formula is C35H56O11. The van der Waals surface area contributed by atoms with Gasteiger partial charge in [0.2, 0.25) is 0 Å². The molecule has 3 aliphatic heterocycles. The van der Waals surface area contributed by atoms with Crippen molar-refractivity contribution in [1.29, 1.82) is 0 Å². The summed E-state index contributed by atoms with van der Waals surface area (Å²) in [6.45, 7) is 11.9. The Morgan fingerprint density at radius 3 is 2.24 bits per heavy atom. The topological polar surface area (TPSA) is 179 Å². The van der Waals surface area contributed by atoms with E-state index in [1.165, 1.54) is 0 Å². The smallest absolute Gasteiger partial charge is 0.199 e. The second-order valence-corrected chi connectivity index (χ2v) is 18.3. The zero-order chi connectivity index (χ0) is 33.2. The first-order chi connectivity index (χ1) is 21.4. The molecule has 3 saturated heterocycles. The molecule has 262 valence electrons. The Morgan fingerprint density at radius 1 is 0.870 bits per heavy atom. The number of rotatable bonds is 4. The fraction of sp³-hybridized carbons (Fsp3) is 1.00. The van der Waals surface area contributed by atoms with E-state index in [0.717, 1.165) is 32.1 Å². The van der Waals surface area contributed by atoms with Gasteiger partial charge < -0.3 is 54.7 Å². The first kappa shape index (κ1) is 32.7. The summed E-state index contributed by atoms with van der Waals surface area (Å²) in [4.78, 5) is 0. The summed E-state index contributed by atoms with van der Waals surface area (Å²) in [6.07, 6.45) is -2.52. The largest absolute Gasteiger partial charge is 0.396 e. The van der Waals surface area contributed by atoms with E-state index in [0.29, 0.717) is 12.8 Å². The highest BCUT2D eigenvalue weighted by atomic mass is 16.8. The molecule has 11 heteroatoms. The summed E-state index contributed by atoms with van der Waals surface area (Å²) in [5.41, 5.74) is -3.28. The lowest BCUT2D eigenvalue weighted by Gasteiger charge is -2.65. The zero-order valence-electron chi connectivity index (χ0n) is 28.1. The number of fused-ring (bicyclic) bond motifs is 4. The summed E-state index contributed by atoms with van der Waals surface area (Å²) >= 11 is 0. The average molecular weight is 653 g/mol. The Morgan fingerprint density at radius 2 is 1.57 bits per heavy atom. The summed E-state index contributed by atoms with van der Waals surface area (Å²) in [5.74, 6) is -1.73. The average Bonchev–Trinajstić information content (AvgIpc) is 3.48. The summed E-state index contributed by atoms with van der Waals surface area (Å²) < 4.78 is 25.5. The maximum atomic E-state index is 12.7. The van der Waals surface area contributed by atoms with Gasteiger partial charge in [-0.25, -0.2) is 0 Å². The van der Waals surface area contributed by atoms with Gasteiger partial charge in [0.15, 0.2) is 12.1 Å². The molecule has 0 radical (unpaired) electrons. The number of hydrogen-bond donors (Lipinski definition) is 7. The molecule has 5 saturated carbocycles. The van der Waals surface area contributed by atoms with E-state index in [1.54, 1.807) is 13.8 Å². The molecule has 3 spiro atoms. The van der Waals surface area contributed by atoms with Crippen LogP contribution < -0.4 is 0 Å². The molecule has 7 N–H and O–H groups in total. The van der Waals surface area contributed by atoms with E-state index in [9.17, 15) is 35.7 Å². The Kier molecular flexibility index (Phi) is 6.88. The van der Waals surface area contributed by atoms with Crippen molar-refractivity contribution < 1.29 is 54.7 Å². The van der Waals surface area contributed by atoms with Crippen LogP contribution in [0.5, 0.6) is 0 Å². The van der Waals surface area contributed by atoms with Crippen LogP contribution >= 0.6 is 0 Å². The summed E-state index contributed by atoms with van der Waals surface area (Å²) in [7, 11) is 0. The minimum absolute atomic E-state index is 0.0383. The van der Waals surface area contributed by atoms with Crippen molar-refractivity contribution in [3.05, 3.63) is 0 Å². The van der Waals surface area contributed by atoms with Crippen LogP contribution in [0, 0.1) is 50.7 Å². The SMILES string of the molecule is CC(C)(O)[C@@H]1O[C@@]23OC1CC(CO)C2[C@@]1(C)C(O)CC24CC25CC[C@H](O[C@H]2OC[C@H](O)[C@H](O)[C@H]2O)C(C)(C)C5CCC4[C@]1(C)[C@H]3O. The Hall–Kier alpha value is -0.440. The molecule has 3 heterocycles. The number of aliphatic hydroxyl groups excluding tert-OH is 6. The monoisotopic (exact) mass is 652 g/mol. The molecule has 2 bridgehead atoms. The molecule has 8 rings (SSSR count). The quantitative estimate of drug-likeness (QED) is 0.216. The van der Waals surface area contributed by atoms with Crippen LogP contribution in [0.3, 0.4) is 0 Å². The number of ether oxygens (including phenoxy) is 4. The van der Waals surface area contributed by atoms with Gasteiger partial charge in [0.1, 0.15) is 30.5 Å². The van der Waals surface area contributed by atoms with Crippen LogP contribution in [0.25, 0.3) is 0 Å². The van der Waals surface area contributed by atoms with E-state index >= 15 is 0 Å². The molecule has 0 aromatic rings. The van der Waals surface area contributed by atoms with Crippen LogP contribution in [0.4, 0.5) is 0 Å². The highest BCUT2D eigenvalue weighted by molar-refractivity contribution is 5.36. The Labute approximate surface area is 271 Å². The highest BCUT2D eigenvalue weighted by Crippen LogP contribution is 2.90. The molecule has 8 unspecified atom stereocenters. The molecule has 0 aromatic heterocycles. The Balaban J connectivity index is 1.13. The standard InChI is InChI=1S/C35H56O11/c1-29(2)19-7-8-20-31(5)28(41)35-25(16(13-36)11-18(45-35)26(46-35)30(3,4)42)32(31,6)21(38)12-34(20)15-33(19,34)10-9-22(29)44-27-24(40)23(39)17(37)14-43-27/h16-28,36-42H,7-15H2,1-6H3/t16?,17-,18?,19?,20?,21?,22-,23-,24+,25?,26+,27+,28+,31+,32+,33?,34?,35-/m0/s1. The lowest BCUT2D eigenvalue weighted by atomic mass is 9.40. The maximum Gasteiger partial charge on any atom is 0.199 e. The van der Waals surface area contributed by atoms with Crippen molar-refractivity contribution in [3.8, 4) is 0 Å². The lowest BCUT2D eigenvalue weighted by molar-refractivity contribution is -0.304. The molecule has 11 nitrogen and oxygen atoms in total. The van der Waals surface area contributed by atoms with Crippen LogP contribution in [0.2, 0.25) is 0 Å². The van der Waals surface area contributed by atoms with Crippen molar-refractivity contribution >= 4 is 0 Å². The second-order valence-electron chi connectivity index (χ2n) is 18.3. The van der Waals surface area contributed by atoms with Gasteiger partial charge in [-0.3, -0.25) is 0 Å². The molecule has 8 aliphatic rings. The van der Waals surface area contributed by atoms with E-state index in [2.05, 4.69) is 27.7 Å². The molecule has 46 heavy (non-hydrogen) atoms. The van der Waals surface area contributed by atoms with Crippen molar-refractivity contribution in [2.45, 2.75) is 153 Å². The van der Waals surface area contributed by atoms with Crippen LogP contribution in [0.15, 0.2) is 0 Å². The van der Waals surface area contributed by atoms with Gasteiger partial charge in [-0.2, -0.15) is 0 Å². The molecule has 8 fully saturated rings. The van der Waals surface area contributed by atoms with Crippen LogP contribution in [-0.4, -0.2) is 115 Å². The van der Waals surface area contributed by atoms with Gasteiger partial charge in [-0.15, -0.1) is 0 Å². The fourth-order valence-corrected chi connectivity index (χ4v) is 13.9. The molecule has 0 amide bonds. The van der Waals surface area contributed by atoms with Gasteiger partial charge in [0.05, 0.1) is 30.5 Å². The molecule has 18 atom stereocenters. The van der Waals surface area contributed by atoms with E-state index in [1.807, 2.05) is 0 Å². The van der Waals surface area contributed by atoms with Gasteiger partial charge in [0.25, 0.3) is 0 Å². The van der Waals surface area contributed by atoms with E-state index in [-0.39, 0.29) is 53.3 Å². The van der Waals surface area contributed by atoms with Gasteiger partial charge in [0, 0.05) is 23.4 Å². The highest BCUT2D eigenvalue weighted by Gasteiger charge is 2.90. The second kappa shape index (κ2) is 9.66. The first-order valence-electron chi connectivity index (χ1n) is 17.7. The van der Waals surface area contributed by atoms with Crippen molar-refractivity contribution in [3.63, 3.8) is 0 Å². The van der Waals surface area contributed by atoms with Crippen molar-refractivity contribution in [1.82, 2.24) is 0 Å². The molecule has 5 aliphatic carbocycles. The van der Waals surface area contributed by atoms with E-state index in [4.69, 9.17) is 18.9 Å². The predicted octanol–water partition coefficient (Wildman–Crippen LogP) is 1.06.